The van der Waals surface area contributed by atoms with Crippen molar-refractivity contribution in [3.63, 3.8) is 0 Å². The molecule has 0 aliphatic carbocycles. The first-order valence-electron chi connectivity index (χ1n) is 7.37. The molecule has 1 aliphatic rings. The molecular formula is C14H27N3O2. The Balaban J connectivity index is 2.02. The Kier molecular flexibility index (Phi) is 7.48. The molecule has 0 spiro atoms. The van der Waals surface area contributed by atoms with Gasteiger partial charge in [0.2, 0.25) is 11.8 Å². The summed E-state index contributed by atoms with van der Waals surface area (Å²) in [6.07, 6.45) is 5.60. The number of piperidine rings is 1. The van der Waals surface area contributed by atoms with E-state index in [1.54, 1.807) is 0 Å². The summed E-state index contributed by atoms with van der Waals surface area (Å²) in [6, 6.07) is 0.651. The van der Waals surface area contributed by atoms with E-state index in [0.29, 0.717) is 19.0 Å². The number of carbonyl (C=O) groups excluding carboxylic acids is 2. The second kappa shape index (κ2) is 8.91. The Morgan fingerprint density at radius 1 is 1.26 bits per heavy atom. The number of hydrogen-bond acceptors (Lipinski definition) is 3. The van der Waals surface area contributed by atoms with Gasteiger partial charge in [-0.2, -0.15) is 0 Å². The Morgan fingerprint density at radius 2 is 2.05 bits per heavy atom. The molecule has 5 heteroatoms. The molecule has 19 heavy (non-hydrogen) atoms. The first-order valence-corrected chi connectivity index (χ1v) is 7.37. The van der Waals surface area contributed by atoms with E-state index in [1.807, 2.05) is 0 Å². The molecule has 0 aromatic rings. The Bertz CT molecular complexity index is 294. The first kappa shape index (κ1) is 16.0. The third-order valence-corrected chi connectivity index (χ3v) is 3.56. The summed E-state index contributed by atoms with van der Waals surface area (Å²) >= 11 is 0. The molecule has 3 N–H and O–H groups in total. The maximum Gasteiger partial charge on any atom is 0.220 e. The molecule has 1 rings (SSSR count). The van der Waals surface area contributed by atoms with Crippen LogP contribution in [0.1, 0.15) is 52.4 Å². The number of amides is 2. The van der Waals surface area contributed by atoms with E-state index in [2.05, 4.69) is 22.9 Å². The average molecular weight is 269 g/mol. The van der Waals surface area contributed by atoms with E-state index in [4.69, 9.17) is 0 Å². The average Bonchev–Trinajstić information content (AvgIpc) is 2.36. The molecule has 0 saturated carbocycles. The maximum absolute atomic E-state index is 11.8. The standard InChI is InChI=1S/C14H27N3O2/c1-11-13(7-6-10-15-11)17-14(19)8-4-3-5-9-16-12(2)18/h11,13,15H,3-10H2,1-2H3,(H,16,18)(H,17,19). The fraction of sp³-hybridized carbons (Fsp3) is 0.857. The molecule has 2 amide bonds. The Morgan fingerprint density at radius 3 is 2.74 bits per heavy atom. The third kappa shape index (κ3) is 7.15. The molecule has 1 saturated heterocycles. The van der Waals surface area contributed by atoms with Crippen LogP contribution in [0.25, 0.3) is 0 Å². The molecular weight excluding hydrogens is 242 g/mol. The van der Waals surface area contributed by atoms with Gasteiger partial charge in [0, 0.05) is 32.0 Å². The van der Waals surface area contributed by atoms with E-state index >= 15 is 0 Å². The lowest BCUT2D eigenvalue weighted by Crippen LogP contribution is -2.51. The number of unbranched alkanes of at least 4 members (excludes halogenated alkanes) is 2. The minimum atomic E-state index is 0.0107. The quantitative estimate of drug-likeness (QED) is 0.602. The molecule has 2 unspecified atom stereocenters. The van der Waals surface area contributed by atoms with Crippen molar-refractivity contribution in [1.29, 1.82) is 0 Å². The predicted octanol–water partition coefficient (Wildman–Crippen LogP) is 0.940. The van der Waals surface area contributed by atoms with Crippen LogP contribution in [0, 0.1) is 0 Å². The minimum Gasteiger partial charge on any atom is -0.356 e. The summed E-state index contributed by atoms with van der Waals surface area (Å²) in [4.78, 5) is 22.4. The molecule has 0 aromatic carbocycles. The number of carbonyl (C=O) groups is 2. The fourth-order valence-corrected chi connectivity index (χ4v) is 2.37. The van der Waals surface area contributed by atoms with Crippen molar-refractivity contribution in [1.82, 2.24) is 16.0 Å². The second-order valence-corrected chi connectivity index (χ2v) is 5.35. The van der Waals surface area contributed by atoms with Crippen LogP contribution >= 0.6 is 0 Å². The van der Waals surface area contributed by atoms with Gasteiger partial charge in [0.1, 0.15) is 0 Å². The zero-order valence-corrected chi connectivity index (χ0v) is 12.1. The van der Waals surface area contributed by atoms with Gasteiger partial charge in [-0.3, -0.25) is 9.59 Å². The van der Waals surface area contributed by atoms with Gasteiger partial charge < -0.3 is 16.0 Å². The van der Waals surface area contributed by atoms with Gasteiger partial charge in [-0.15, -0.1) is 0 Å². The van der Waals surface area contributed by atoms with Gasteiger partial charge in [-0.1, -0.05) is 6.42 Å². The normalized spacial score (nSPS) is 22.8. The number of rotatable bonds is 7. The maximum atomic E-state index is 11.8. The smallest absolute Gasteiger partial charge is 0.220 e. The van der Waals surface area contributed by atoms with Gasteiger partial charge in [0.15, 0.2) is 0 Å². The lowest BCUT2D eigenvalue weighted by atomic mass is 9.99. The number of hydrogen-bond donors (Lipinski definition) is 3. The molecule has 2 atom stereocenters. The highest BCUT2D eigenvalue weighted by Gasteiger charge is 2.21. The topological polar surface area (TPSA) is 70.2 Å². The largest absolute Gasteiger partial charge is 0.356 e. The second-order valence-electron chi connectivity index (χ2n) is 5.35. The highest BCUT2D eigenvalue weighted by molar-refractivity contribution is 5.76. The molecule has 5 nitrogen and oxygen atoms in total. The van der Waals surface area contributed by atoms with E-state index in [9.17, 15) is 9.59 Å². The Hall–Kier alpha value is -1.10. The summed E-state index contributed by atoms with van der Waals surface area (Å²) in [5.41, 5.74) is 0. The highest BCUT2D eigenvalue weighted by atomic mass is 16.2. The van der Waals surface area contributed by atoms with E-state index < -0.39 is 0 Å². The Labute approximate surface area is 115 Å². The van der Waals surface area contributed by atoms with Crippen molar-refractivity contribution in [2.24, 2.45) is 0 Å². The highest BCUT2D eigenvalue weighted by Crippen LogP contribution is 2.09. The monoisotopic (exact) mass is 269 g/mol. The van der Waals surface area contributed by atoms with Gasteiger partial charge in [0.25, 0.3) is 0 Å². The van der Waals surface area contributed by atoms with Crippen molar-refractivity contribution < 1.29 is 9.59 Å². The van der Waals surface area contributed by atoms with Crippen LogP contribution in [0.2, 0.25) is 0 Å². The molecule has 1 fully saturated rings. The van der Waals surface area contributed by atoms with Crippen molar-refractivity contribution >= 4 is 11.8 Å². The van der Waals surface area contributed by atoms with Gasteiger partial charge in [-0.25, -0.2) is 0 Å². The zero-order chi connectivity index (χ0) is 14.1. The van der Waals surface area contributed by atoms with Crippen LogP contribution < -0.4 is 16.0 Å². The number of nitrogens with one attached hydrogen (secondary N) is 3. The van der Waals surface area contributed by atoms with Crippen LogP contribution in [-0.2, 0) is 9.59 Å². The zero-order valence-electron chi connectivity index (χ0n) is 12.1. The lowest BCUT2D eigenvalue weighted by molar-refractivity contribution is -0.122. The summed E-state index contributed by atoms with van der Waals surface area (Å²) in [5.74, 6) is 0.164. The first-order chi connectivity index (χ1) is 9.09. The fourth-order valence-electron chi connectivity index (χ4n) is 2.37. The molecule has 1 heterocycles. The minimum absolute atomic E-state index is 0.0107. The van der Waals surface area contributed by atoms with E-state index in [0.717, 1.165) is 38.6 Å². The third-order valence-electron chi connectivity index (χ3n) is 3.56. The predicted molar refractivity (Wildman–Crippen MR) is 75.8 cm³/mol. The van der Waals surface area contributed by atoms with Crippen LogP contribution in [0.5, 0.6) is 0 Å². The molecule has 110 valence electrons. The van der Waals surface area contributed by atoms with Gasteiger partial charge >= 0.3 is 0 Å². The molecule has 0 bridgehead atoms. The SMILES string of the molecule is CC(=O)NCCCCCC(=O)NC1CCCNC1C. The molecule has 0 aromatic heterocycles. The summed E-state index contributed by atoms with van der Waals surface area (Å²) in [7, 11) is 0. The van der Waals surface area contributed by atoms with Crippen molar-refractivity contribution in [2.75, 3.05) is 13.1 Å². The molecule has 0 radical (unpaired) electrons. The van der Waals surface area contributed by atoms with Crippen LogP contribution in [0.15, 0.2) is 0 Å². The van der Waals surface area contributed by atoms with Gasteiger partial charge in [0.05, 0.1) is 0 Å². The molecule has 1 aliphatic heterocycles. The van der Waals surface area contributed by atoms with E-state index in [1.165, 1.54) is 6.92 Å². The summed E-state index contributed by atoms with van der Waals surface area (Å²) in [5, 5.41) is 9.24. The van der Waals surface area contributed by atoms with Crippen molar-refractivity contribution in [3.8, 4) is 0 Å². The van der Waals surface area contributed by atoms with Gasteiger partial charge in [-0.05, 0) is 39.2 Å². The van der Waals surface area contributed by atoms with Crippen molar-refractivity contribution in [3.05, 3.63) is 0 Å². The van der Waals surface area contributed by atoms with Crippen molar-refractivity contribution in [2.45, 2.75) is 64.5 Å². The van der Waals surface area contributed by atoms with Crippen LogP contribution in [0.4, 0.5) is 0 Å². The summed E-state index contributed by atoms with van der Waals surface area (Å²) < 4.78 is 0. The summed E-state index contributed by atoms with van der Waals surface area (Å²) in [6.45, 7) is 5.40. The van der Waals surface area contributed by atoms with E-state index in [-0.39, 0.29) is 17.9 Å². The van der Waals surface area contributed by atoms with Crippen LogP contribution in [0.3, 0.4) is 0 Å². The van der Waals surface area contributed by atoms with Crippen LogP contribution in [-0.4, -0.2) is 37.0 Å². The lowest BCUT2D eigenvalue weighted by Gasteiger charge is -2.30.